The Labute approximate surface area is 86.9 Å². The Kier molecular flexibility index (Phi) is 2.53. The van der Waals surface area contributed by atoms with Gasteiger partial charge in [0.15, 0.2) is 0 Å². The molecule has 0 saturated carbocycles. The highest BCUT2D eigenvalue weighted by atomic mass is 31.2. The van der Waals surface area contributed by atoms with Crippen LogP contribution in [0.4, 0.5) is 0 Å². The molecule has 4 heteroatoms. The van der Waals surface area contributed by atoms with Crippen LogP contribution in [0.2, 0.25) is 0 Å². The van der Waals surface area contributed by atoms with Crippen molar-refractivity contribution in [1.82, 2.24) is 9.34 Å². The molecule has 0 aliphatic carbocycles. The van der Waals surface area contributed by atoms with Crippen LogP contribution in [0.5, 0.6) is 0 Å². The molecule has 2 aliphatic heterocycles. The van der Waals surface area contributed by atoms with Gasteiger partial charge in [-0.05, 0) is 20.3 Å². The lowest BCUT2D eigenvalue weighted by Crippen LogP contribution is -2.17. The van der Waals surface area contributed by atoms with E-state index in [0.717, 1.165) is 19.5 Å². The van der Waals surface area contributed by atoms with Crippen LogP contribution in [0.1, 0.15) is 34.1 Å². The normalized spacial score (nSPS) is 46.9. The first kappa shape index (κ1) is 10.7. The lowest BCUT2D eigenvalue weighted by atomic mass is 10.4. The van der Waals surface area contributed by atoms with Crippen LogP contribution in [0.3, 0.4) is 0 Å². The minimum absolute atomic E-state index is 0.331. The zero-order valence-corrected chi connectivity index (χ0v) is 10.5. The summed E-state index contributed by atoms with van der Waals surface area (Å²) in [7, 11) is -2.18. The summed E-state index contributed by atoms with van der Waals surface area (Å²) in [5.41, 5.74) is 0.331. The molecule has 2 heterocycles. The molecule has 0 aromatic heterocycles. The van der Waals surface area contributed by atoms with Crippen molar-refractivity contribution < 1.29 is 4.57 Å². The van der Waals surface area contributed by atoms with E-state index in [1.807, 2.05) is 0 Å². The topological polar surface area (TPSA) is 23.1 Å². The molecular weight excluding hydrogens is 195 g/mol. The first-order chi connectivity index (χ1) is 6.51. The van der Waals surface area contributed by atoms with E-state index in [4.69, 9.17) is 0 Å². The summed E-state index contributed by atoms with van der Waals surface area (Å²) in [4.78, 5) is 0. The molecule has 2 saturated heterocycles. The molecule has 14 heavy (non-hydrogen) atoms. The van der Waals surface area contributed by atoms with Gasteiger partial charge in [-0.15, -0.1) is 0 Å². The van der Waals surface area contributed by atoms with E-state index in [1.54, 1.807) is 0 Å². The summed E-state index contributed by atoms with van der Waals surface area (Å²) in [6.45, 7) is 10.7. The Balaban J connectivity index is 2.17. The van der Waals surface area contributed by atoms with Crippen LogP contribution >= 0.6 is 7.44 Å². The van der Waals surface area contributed by atoms with Crippen molar-refractivity contribution in [2.24, 2.45) is 0 Å². The predicted molar refractivity (Wildman–Crippen MR) is 59.7 cm³/mol. The average Bonchev–Trinajstić information content (AvgIpc) is 3.02. The highest BCUT2D eigenvalue weighted by Gasteiger charge is 2.56. The van der Waals surface area contributed by atoms with Crippen LogP contribution in [-0.4, -0.2) is 40.2 Å². The van der Waals surface area contributed by atoms with E-state index < -0.39 is 7.44 Å². The standard InChI is InChI=1S/C10H21N2OP/c1-5-10(4)14(13,11-6-8(11)2)12-7-9(12)3/h8-10H,5-7H2,1-4H3. The van der Waals surface area contributed by atoms with Gasteiger partial charge in [0.05, 0.1) is 0 Å². The third kappa shape index (κ3) is 1.46. The van der Waals surface area contributed by atoms with Crippen LogP contribution in [0, 0.1) is 0 Å². The van der Waals surface area contributed by atoms with E-state index in [2.05, 4.69) is 37.0 Å². The number of nitrogens with zero attached hydrogens (tertiary/aromatic N) is 2. The quantitative estimate of drug-likeness (QED) is 0.532. The zero-order chi connectivity index (χ0) is 10.5. The fourth-order valence-electron chi connectivity index (χ4n) is 2.14. The highest BCUT2D eigenvalue weighted by Crippen LogP contribution is 2.67. The van der Waals surface area contributed by atoms with Crippen molar-refractivity contribution in [3.8, 4) is 0 Å². The van der Waals surface area contributed by atoms with Gasteiger partial charge < -0.3 is 0 Å². The third-order valence-corrected chi connectivity index (χ3v) is 7.66. The van der Waals surface area contributed by atoms with Gasteiger partial charge in [-0.25, -0.2) is 9.34 Å². The van der Waals surface area contributed by atoms with Crippen LogP contribution in [-0.2, 0) is 4.57 Å². The summed E-state index contributed by atoms with van der Waals surface area (Å²) < 4.78 is 17.4. The zero-order valence-electron chi connectivity index (χ0n) is 9.60. The molecule has 0 amide bonds. The second kappa shape index (κ2) is 3.33. The lowest BCUT2D eigenvalue weighted by molar-refractivity contribution is 0.490. The van der Waals surface area contributed by atoms with Crippen molar-refractivity contribution in [3.63, 3.8) is 0 Å². The summed E-state index contributed by atoms with van der Waals surface area (Å²) in [5, 5.41) is 0. The van der Waals surface area contributed by atoms with Gasteiger partial charge in [-0.1, -0.05) is 13.8 Å². The molecule has 82 valence electrons. The molecule has 0 bridgehead atoms. The molecule has 5 atom stereocenters. The molecule has 0 spiro atoms. The lowest BCUT2D eigenvalue weighted by Gasteiger charge is -2.27. The number of hydrogen-bond acceptors (Lipinski definition) is 1. The van der Waals surface area contributed by atoms with Gasteiger partial charge in [0, 0.05) is 30.8 Å². The molecule has 0 aromatic carbocycles. The minimum Gasteiger partial charge on any atom is -0.288 e. The van der Waals surface area contributed by atoms with Crippen molar-refractivity contribution >= 4 is 7.44 Å². The van der Waals surface area contributed by atoms with Gasteiger partial charge in [-0.3, -0.25) is 4.57 Å². The highest BCUT2D eigenvalue weighted by molar-refractivity contribution is 7.60. The SMILES string of the molecule is CCC(C)P(=O)(N1CC1C)N1CC1C. The second-order valence-electron chi connectivity index (χ2n) is 4.79. The molecule has 0 aromatic rings. The third-order valence-electron chi connectivity index (χ3n) is 3.55. The van der Waals surface area contributed by atoms with Crippen LogP contribution in [0.15, 0.2) is 0 Å². The maximum Gasteiger partial charge on any atom is 0.219 e. The molecule has 0 radical (unpaired) electrons. The largest absolute Gasteiger partial charge is 0.288 e. The molecule has 3 nitrogen and oxygen atoms in total. The van der Waals surface area contributed by atoms with Crippen LogP contribution in [0.25, 0.3) is 0 Å². The molecule has 2 fully saturated rings. The molecule has 2 rings (SSSR count). The summed E-state index contributed by atoms with van der Waals surface area (Å²) in [6, 6.07) is 1.09. The molecule has 5 unspecified atom stereocenters. The van der Waals surface area contributed by atoms with E-state index in [9.17, 15) is 4.57 Å². The Morgan fingerprint density at radius 1 is 1.29 bits per heavy atom. The minimum atomic E-state index is -2.18. The molecule has 2 aliphatic rings. The fourth-order valence-corrected chi connectivity index (χ4v) is 5.99. The monoisotopic (exact) mass is 216 g/mol. The summed E-state index contributed by atoms with van der Waals surface area (Å²) >= 11 is 0. The molecule has 0 N–H and O–H groups in total. The Bertz CT molecular complexity index is 250. The van der Waals surface area contributed by atoms with Crippen molar-refractivity contribution in [2.45, 2.75) is 51.9 Å². The first-order valence-corrected chi connectivity index (χ1v) is 7.34. The molecular formula is C10H21N2OP. The fraction of sp³-hybridized carbons (Fsp3) is 1.00. The van der Waals surface area contributed by atoms with Gasteiger partial charge in [0.1, 0.15) is 0 Å². The van der Waals surface area contributed by atoms with Gasteiger partial charge >= 0.3 is 0 Å². The number of rotatable bonds is 4. The maximum absolute atomic E-state index is 12.9. The number of hydrogen-bond donors (Lipinski definition) is 0. The second-order valence-corrected chi connectivity index (χ2v) is 7.88. The Morgan fingerprint density at radius 2 is 1.64 bits per heavy atom. The van der Waals surface area contributed by atoms with E-state index in [-0.39, 0.29) is 0 Å². The van der Waals surface area contributed by atoms with Crippen LogP contribution < -0.4 is 0 Å². The van der Waals surface area contributed by atoms with Crippen molar-refractivity contribution in [2.75, 3.05) is 13.1 Å². The summed E-state index contributed by atoms with van der Waals surface area (Å²) in [6.07, 6.45) is 1.02. The van der Waals surface area contributed by atoms with Crippen molar-refractivity contribution in [1.29, 1.82) is 0 Å². The van der Waals surface area contributed by atoms with Gasteiger partial charge in [0.25, 0.3) is 0 Å². The first-order valence-electron chi connectivity index (χ1n) is 5.65. The smallest absolute Gasteiger partial charge is 0.219 e. The van der Waals surface area contributed by atoms with E-state index in [0.29, 0.717) is 17.7 Å². The van der Waals surface area contributed by atoms with Gasteiger partial charge in [-0.2, -0.15) is 0 Å². The average molecular weight is 216 g/mol. The van der Waals surface area contributed by atoms with E-state index in [1.165, 1.54) is 0 Å². The van der Waals surface area contributed by atoms with E-state index >= 15 is 0 Å². The Hall–Kier alpha value is 0.150. The Morgan fingerprint density at radius 3 is 1.86 bits per heavy atom. The maximum atomic E-state index is 12.9. The van der Waals surface area contributed by atoms with Crippen molar-refractivity contribution in [3.05, 3.63) is 0 Å². The van der Waals surface area contributed by atoms with Gasteiger partial charge in [0.2, 0.25) is 7.44 Å². The summed E-state index contributed by atoms with van der Waals surface area (Å²) in [5.74, 6) is 0. The predicted octanol–water partition coefficient (Wildman–Crippen LogP) is 2.39.